The fraction of sp³-hybridized carbons (Fsp3) is 0.367. The standard InChI is InChI=1S/C30H37N3O4/c1-20-12-8-11-15-24(20)26(27(35)32-23-17-16-21-13-9-10-14-22(21)18-23)33(29(2,3)4)25(34)19-31-28(36)37-30(5,6)7/h8-18,26H,19H2,1-7H3,(H,31,36)(H,32,35). The van der Waals surface area contributed by atoms with Gasteiger partial charge in [0.15, 0.2) is 0 Å². The Balaban J connectivity index is 1.96. The Morgan fingerprint density at radius 2 is 1.49 bits per heavy atom. The van der Waals surface area contributed by atoms with Crippen molar-refractivity contribution in [2.45, 2.75) is 65.6 Å². The minimum absolute atomic E-state index is 0.308. The van der Waals surface area contributed by atoms with E-state index in [0.29, 0.717) is 11.3 Å². The summed E-state index contributed by atoms with van der Waals surface area (Å²) in [5.74, 6) is -0.745. The Hall–Kier alpha value is -3.87. The zero-order valence-corrected chi connectivity index (χ0v) is 22.7. The van der Waals surface area contributed by atoms with Crippen LogP contribution in [0.5, 0.6) is 0 Å². The van der Waals surface area contributed by atoms with Crippen molar-refractivity contribution in [2.24, 2.45) is 0 Å². The van der Waals surface area contributed by atoms with Crippen molar-refractivity contribution in [1.29, 1.82) is 0 Å². The summed E-state index contributed by atoms with van der Waals surface area (Å²) in [6, 6.07) is 20.2. The Morgan fingerprint density at radius 3 is 2.11 bits per heavy atom. The van der Waals surface area contributed by atoms with Crippen LogP contribution < -0.4 is 10.6 Å². The quantitative estimate of drug-likeness (QED) is 0.433. The third-order valence-corrected chi connectivity index (χ3v) is 5.78. The zero-order valence-electron chi connectivity index (χ0n) is 22.7. The fourth-order valence-corrected chi connectivity index (χ4v) is 4.22. The second-order valence-electron chi connectivity index (χ2n) is 11.1. The highest BCUT2D eigenvalue weighted by Gasteiger charge is 2.39. The number of hydrogen-bond donors (Lipinski definition) is 2. The number of rotatable bonds is 6. The molecule has 0 heterocycles. The van der Waals surface area contributed by atoms with E-state index in [-0.39, 0.29) is 12.5 Å². The topological polar surface area (TPSA) is 87.7 Å². The highest BCUT2D eigenvalue weighted by atomic mass is 16.6. The SMILES string of the molecule is Cc1ccccc1C(C(=O)Nc1ccc2ccccc2c1)N(C(=O)CNC(=O)OC(C)(C)C)C(C)(C)C. The average Bonchev–Trinajstić information content (AvgIpc) is 2.79. The molecule has 7 heteroatoms. The number of aryl methyl sites for hydroxylation is 1. The summed E-state index contributed by atoms with van der Waals surface area (Å²) in [7, 11) is 0. The fourth-order valence-electron chi connectivity index (χ4n) is 4.22. The number of amides is 3. The molecule has 0 radical (unpaired) electrons. The summed E-state index contributed by atoms with van der Waals surface area (Å²) >= 11 is 0. The minimum atomic E-state index is -0.930. The number of fused-ring (bicyclic) bond motifs is 1. The molecule has 3 aromatic rings. The van der Waals surface area contributed by atoms with Gasteiger partial charge in [-0.05, 0) is 82.5 Å². The molecule has 3 aromatic carbocycles. The van der Waals surface area contributed by atoms with E-state index in [1.807, 2.05) is 94.4 Å². The van der Waals surface area contributed by atoms with Crippen LogP contribution in [0.25, 0.3) is 10.8 Å². The predicted molar refractivity (Wildman–Crippen MR) is 147 cm³/mol. The third kappa shape index (κ3) is 7.32. The van der Waals surface area contributed by atoms with Crippen molar-refractivity contribution in [2.75, 3.05) is 11.9 Å². The number of nitrogens with zero attached hydrogens (tertiary/aromatic N) is 1. The smallest absolute Gasteiger partial charge is 0.408 e. The molecule has 0 saturated heterocycles. The van der Waals surface area contributed by atoms with Crippen LogP contribution in [0.4, 0.5) is 10.5 Å². The van der Waals surface area contributed by atoms with Crippen LogP contribution in [0.2, 0.25) is 0 Å². The lowest BCUT2D eigenvalue weighted by Crippen LogP contribution is -2.54. The van der Waals surface area contributed by atoms with Crippen molar-refractivity contribution in [3.8, 4) is 0 Å². The molecule has 7 nitrogen and oxygen atoms in total. The molecular weight excluding hydrogens is 466 g/mol. The van der Waals surface area contributed by atoms with Gasteiger partial charge in [0.1, 0.15) is 18.2 Å². The third-order valence-electron chi connectivity index (χ3n) is 5.78. The van der Waals surface area contributed by atoms with Crippen molar-refractivity contribution < 1.29 is 19.1 Å². The maximum Gasteiger partial charge on any atom is 0.408 e. The predicted octanol–water partition coefficient (Wildman–Crippen LogP) is 5.98. The van der Waals surface area contributed by atoms with Crippen LogP contribution >= 0.6 is 0 Å². The monoisotopic (exact) mass is 503 g/mol. The highest BCUT2D eigenvalue weighted by Crippen LogP contribution is 2.32. The molecule has 1 unspecified atom stereocenters. The molecule has 3 rings (SSSR count). The second-order valence-corrected chi connectivity index (χ2v) is 11.1. The number of carbonyl (C=O) groups is 3. The molecule has 2 N–H and O–H groups in total. The maximum absolute atomic E-state index is 13.9. The minimum Gasteiger partial charge on any atom is -0.444 e. The molecule has 0 bridgehead atoms. The molecule has 0 aliphatic heterocycles. The number of hydrogen-bond acceptors (Lipinski definition) is 4. The maximum atomic E-state index is 13.9. The number of anilines is 1. The van der Waals surface area contributed by atoms with Gasteiger partial charge in [0, 0.05) is 11.2 Å². The van der Waals surface area contributed by atoms with Crippen LogP contribution in [-0.2, 0) is 14.3 Å². The molecule has 1 atom stereocenters. The normalized spacial score (nSPS) is 12.5. The van der Waals surface area contributed by atoms with E-state index in [1.165, 1.54) is 4.90 Å². The molecule has 0 saturated carbocycles. The lowest BCUT2D eigenvalue weighted by atomic mass is 9.93. The second kappa shape index (κ2) is 11.0. The lowest BCUT2D eigenvalue weighted by molar-refractivity contribution is -0.144. The first-order chi connectivity index (χ1) is 17.3. The zero-order chi connectivity index (χ0) is 27.4. The van der Waals surface area contributed by atoms with Crippen LogP contribution in [0.3, 0.4) is 0 Å². The molecule has 0 aromatic heterocycles. The van der Waals surface area contributed by atoms with Gasteiger partial charge in [0.25, 0.3) is 5.91 Å². The largest absolute Gasteiger partial charge is 0.444 e. The average molecular weight is 504 g/mol. The van der Waals surface area contributed by atoms with Gasteiger partial charge < -0.3 is 20.3 Å². The number of benzene rings is 3. The van der Waals surface area contributed by atoms with Gasteiger partial charge in [0.2, 0.25) is 5.91 Å². The van der Waals surface area contributed by atoms with E-state index in [9.17, 15) is 14.4 Å². The van der Waals surface area contributed by atoms with E-state index in [2.05, 4.69) is 10.6 Å². The van der Waals surface area contributed by atoms with E-state index in [1.54, 1.807) is 20.8 Å². The number of ether oxygens (including phenoxy) is 1. The Bertz CT molecular complexity index is 1290. The van der Waals surface area contributed by atoms with Gasteiger partial charge in [0.05, 0.1) is 0 Å². The summed E-state index contributed by atoms with van der Waals surface area (Å²) in [6.07, 6.45) is -0.692. The molecule has 196 valence electrons. The molecular formula is C30H37N3O4. The summed E-state index contributed by atoms with van der Waals surface area (Å²) in [4.78, 5) is 41.3. The van der Waals surface area contributed by atoms with Crippen molar-refractivity contribution in [3.05, 3.63) is 77.9 Å². The summed E-state index contributed by atoms with van der Waals surface area (Å²) in [6.45, 7) is 12.5. The van der Waals surface area contributed by atoms with E-state index in [0.717, 1.165) is 16.3 Å². The van der Waals surface area contributed by atoms with Gasteiger partial charge in [-0.2, -0.15) is 0 Å². The number of carbonyl (C=O) groups excluding carboxylic acids is 3. The first-order valence-corrected chi connectivity index (χ1v) is 12.4. The number of nitrogens with one attached hydrogen (secondary N) is 2. The van der Waals surface area contributed by atoms with Gasteiger partial charge >= 0.3 is 6.09 Å². The lowest BCUT2D eigenvalue weighted by Gasteiger charge is -2.41. The molecule has 37 heavy (non-hydrogen) atoms. The van der Waals surface area contributed by atoms with Crippen LogP contribution in [-0.4, -0.2) is 40.5 Å². The molecule has 0 aliphatic rings. The Morgan fingerprint density at radius 1 is 0.865 bits per heavy atom. The van der Waals surface area contributed by atoms with Crippen LogP contribution in [0, 0.1) is 6.92 Å². The Kier molecular flexibility index (Phi) is 8.26. The molecule has 0 fully saturated rings. The van der Waals surface area contributed by atoms with Crippen molar-refractivity contribution >= 4 is 34.4 Å². The molecule has 0 spiro atoms. The van der Waals surface area contributed by atoms with Gasteiger partial charge in [-0.25, -0.2) is 4.79 Å². The highest BCUT2D eigenvalue weighted by molar-refractivity contribution is 6.00. The van der Waals surface area contributed by atoms with E-state index in [4.69, 9.17) is 4.74 Å². The Labute approximate surface area is 219 Å². The summed E-state index contributed by atoms with van der Waals surface area (Å²) in [5.41, 5.74) is 0.792. The number of alkyl carbamates (subject to hydrolysis) is 1. The molecule has 0 aliphatic carbocycles. The van der Waals surface area contributed by atoms with Gasteiger partial charge in [-0.3, -0.25) is 9.59 Å². The summed E-state index contributed by atoms with van der Waals surface area (Å²) in [5, 5.41) is 7.62. The molecule has 3 amide bonds. The van der Waals surface area contributed by atoms with Gasteiger partial charge in [-0.15, -0.1) is 0 Å². The van der Waals surface area contributed by atoms with Crippen molar-refractivity contribution in [1.82, 2.24) is 10.2 Å². The summed E-state index contributed by atoms with van der Waals surface area (Å²) < 4.78 is 5.28. The van der Waals surface area contributed by atoms with Crippen LogP contribution in [0.1, 0.15) is 58.7 Å². The first kappa shape index (κ1) is 27.7. The van der Waals surface area contributed by atoms with Gasteiger partial charge in [-0.1, -0.05) is 54.6 Å². The van der Waals surface area contributed by atoms with Crippen molar-refractivity contribution in [3.63, 3.8) is 0 Å². The van der Waals surface area contributed by atoms with E-state index < -0.39 is 29.2 Å². The van der Waals surface area contributed by atoms with E-state index >= 15 is 0 Å². The van der Waals surface area contributed by atoms with Crippen LogP contribution in [0.15, 0.2) is 66.7 Å². The first-order valence-electron chi connectivity index (χ1n) is 12.4.